The number of hydrogen-bond acceptors (Lipinski definition) is 4. The van der Waals surface area contributed by atoms with Crippen molar-refractivity contribution in [2.75, 3.05) is 13.0 Å². The van der Waals surface area contributed by atoms with Gasteiger partial charge in [-0.25, -0.2) is 4.98 Å². The minimum Gasteiger partial charge on any atom is -0.481 e. The average molecular weight is 306 g/mol. The van der Waals surface area contributed by atoms with Crippen molar-refractivity contribution in [3.8, 4) is 5.88 Å². The average Bonchev–Trinajstić information content (AvgIpc) is 3.04. The Balaban J connectivity index is 2.09. The second-order valence-corrected chi connectivity index (χ2v) is 5.15. The van der Waals surface area contributed by atoms with E-state index < -0.39 is 0 Å². The number of ether oxygens (including phenoxy) is 1. The third-order valence-corrected chi connectivity index (χ3v) is 3.46. The van der Waals surface area contributed by atoms with Crippen LogP contribution in [0.1, 0.15) is 11.4 Å². The number of aryl methyl sites for hydroxylation is 2. The normalized spacial score (nSPS) is 11.2. The Morgan fingerprint density at radius 2 is 2.14 bits per heavy atom. The summed E-state index contributed by atoms with van der Waals surface area (Å²) >= 11 is 5.89. The van der Waals surface area contributed by atoms with Crippen molar-refractivity contribution >= 4 is 22.8 Å². The summed E-state index contributed by atoms with van der Waals surface area (Å²) < 4.78 is 9.05. The largest absolute Gasteiger partial charge is 0.481 e. The number of aromatic nitrogens is 5. The summed E-state index contributed by atoms with van der Waals surface area (Å²) in [6, 6.07) is 3.73. The smallest absolute Gasteiger partial charge is 0.215 e. The highest BCUT2D eigenvalue weighted by Crippen LogP contribution is 2.20. The van der Waals surface area contributed by atoms with Crippen LogP contribution in [0, 0.1) is 0 Å². The summed E-state index contributed by atoms with van der Waals surface area (Å²) in [5, 5.41) is 4.20. The van der Waals surface area contributed by atoms with Crippen LogP contribution in [0.4, 0.5) is 0 Å². The van der Waals surface area contributed by atoms with Crippen LogP contribution in [0.3, 0.4) is 0 Å². The molecule has 0 unspecified atom stereocenters. The lowest BCUT2D eigenvalue weighted by Crippen LogP contribution is -2.06. The van der Waals surface area contributed by atoms with Gasteiger partial charge in [0.05, 0.1) is 19.9 Å². The maximum Gasteiger partial charge on any atom is 0.215 e. The molecule has 6 nitrogen and oxygen atoms in total. The van der Waals surface area contributed by atoms with E-state index in [1.165, 1.54) is 0 Å². The Hall–Kier alpha value is -2.08. The van der Waals surface area contributed by atoms with Crippen LogP contribution in [0.5, 0.6) is 5.88 Å². The minimum absolute atomic E-state index is 0.521. The lowest BCUT2D eigenvalue weighted by atomic mass is 10.3. The number of nitrogens with zero attached hydrogens (tertiary/aromatic N) is 5. The van der Waals surface area contributed by atoms with Crippen molar-refractivity contribution < 1.29 is 4.74 Å². The molecule has 0 aliphatic rings. The highest BCUT2D eigenvalue weighted by atomic mass is 35.5. The number of hydrogen-bond donors (Lipinski definition) is 0. The molecule has 7 heteroatoms. The Labute approximate surface area is 127 Å². The molecule has 110 valence electrons. The molecule has 0 amide bonds. The van der Waals surface area contributed by atoms with Gasteiger partial charge in [-0.15, -0.1) is 11.6 Å². The summed E-state index contributed by atoms with van der Waals surface area (Å²) in [5.41, 5.74) is 2.75. The van der Waals surface area contributed by atoms with E-state index in [0.717, 1.165) is 22.6 Å². The lowest BCUT2D eigenvalue weighted by molar-refractivity contribution is 0.399. The van der Waals surface area contributed by atoms with E-state index in [0.29, 0.717) is 24.7 Å². The van der Waals surface area contributed by atoms with E-state index in [4.69, 9.17) is 16.3 Å². The molecule has 3 rings (SSSR count). The van der Waals surface area contributed by atoms with Gasteiger partial charge >= 0.3 is 0 Å². The molecule has 0 aliphatic carbocycles. The van der Waals surface area contributed by atoms with Gasteiger partial charge in [0, 0.05) is 37.2 Å². The fraction of sp³-hybridized carbons (Fsp3) is 0.357. The fourth-order valence-corrected chi connectivity index (χ4v) is 2.49. The first kappa shape index (κ1) is 13.9. The van der Waals surface area contributed by atoms with E-state index in [-0.39, 0.29) is 0 Å². The van der Waals surface area contributed by atoms with Crippen molar-refractivity contribution in [1.82, 2.24) is 24.3 Å². The van der Waals surface area contributed by atoms with Crippen molar-refractivity contribution in [2.45, 2.75) is 13.0 Å². The first-order valence-corrected chi connectivity index (χ1v) is 7.18. The number of halogens is 1. The molecule has 0 saturated heterocycles. The van der Waals surface area contributed by atoms with Gasteiger partial charge in [-0.1, -0.05) is 0 Å². The molecule has 0 saturated carbocycles. The molecular formula is C14H16ClN5O. The van der Waals surface area contributed by atoms with E-state index >= 15 is 0 Å². The molecule has 0 bridgehead atoms. The van der Waals surface area contributed by atoms with Crippen molar-refractivity contribution in [1.29, 1.82) is 0 Å². The summed E-state index contributed by atoms with van der Waals surface area (Å²) in [6.07, 6.45) is 4.52. The van der Waals surface area contributed by atoms with Gasteiger partial charge in [0.15, 0.2) is 5.65 Å². The second kappa shape index (κ2) is 5.73. The summed E-state index contributed by atoms with van der Waals surface area (Å²) in [7, 11) is 3.51. The highest BCUT2D eigenvalue weighted by molar-refractivity contribution is 6.17. The van der Waals surface area contributed by atoms with E-state index in [2.05, 4.69) is 19.6 Å². The quantitative estimate of drug-likeness (QED) is 0.677. The molecule has 0 spiro atoms. The molecule has 3 aromatic heterocycles. The van der Waals surface area contributed by atoms with Crippen LogP contribution in [0.2, 0.25) is 0 Å². The number of pyridine rings is 1. The zero-order valence-electron chi connectivity index (χ0n) is 12.0. The lowest BCUT2D eigenvalue weighted by Gasteiger charge is -2.06. The van der Waals surface area contributed by atoms with Crippen molar-refractivity contribution in [2.24, 2.45) is 7.05 Å². The third-order valence-electron chi connectivity index (χ3n) is 3.27. The van der Waals surface area contributed by atoms with Crippen LogP contribution in [-0.2, 0) is 20.0 Å². The van der Waals surface area contributed by atoms with Gasteiger partial charge in [0.25, 0.3) is 0 Å². The Bertz CT molecular complexity index is 764. The van der Waals surface area contributed by atoms with Gasteiger partial charge in [0.2, 0.25) is 5.88 Å². The summed E-state index contributed by atoms with van der Waals surface area (Å²) in [6.45, 7) is 0.663. The standard InChI is InChI=1S/C14H16ClN5O/c1-19-8-10(7-16-19)9-20-12(5-6-15)17-11-3-4-13(21-2)18-14(11)20/h3-4,7-8H,5-6,9H2,1-2H3. The van der Waals surface area contributed by atoms with Gasteiger partial charge in [-0.3, -0.25) is 4.68 Å². The monoisotopic (exact) mass is 305 g/mol. The third kappa shape index (κ3) is 2.71. The second-order valence-electron chi connectivity index (χ2n) is 4.77. The minimum atomic E-state index is 0.521. The molecule has 3 heterocycles. The predicted octanol–water partition coefficient (Wildman–Crippen LogP) is 2.00. The zero-order chi connectivity index (χ0) is 14.8. The molecule has 0 N–H and O–H groups in total. The summed E-state index contributed by atoms with van der Waals surface area (Å²) in [4.78, 5) is 9.12. The molecule has 0 fully saturated rings. The Morgan fingerprint density at radius 1 is 1.29 bits per heavy atom. The van der Waals surface area contributed by atoms with E-state index in [1.54, 1.807) is 11.8 Å². The zero-order valence-corrected chi connectivity index (χ0v) is 12.7. The van der Waals surface area contributed by atoms with Crippen LogP contribution >= 0.6 is 11.6 Å². The first-order valence-electron chi connectivity index (χ1n) is 6.65. The highest BCUT2D eigenvalue weighted by Gasteiger charge is 2.13. The molecular weight excluding hydrogens is 290 g/mol. The van der Waals surface area contributed by atoms with Crippen molar-refractivity contribution in [3.05, 3.63) is 35.9 Å². The number of alkyl halides is 1. The number of imidazole rings is 1. The maximum atomic E-state index is 5.89. The van der Waals surface area contributed by atoms with Crippen LogP contribution in [-0.4, -0.2) is 37.3 Å². The van der Waals surface area contributed by atoms with Crippen molar-refractivity contribution in [3.63, 3.8) is 0 Å². The molecule has 0 aromatic carbocycles. The molecule has 0 aliphatic heterocycles. The van der Waals surface area contributed by atoms with E-state index in [1.807, 2.05) is 31.6 Å². The van der Waals surface area contributed by atoms with E-state index in [9.17, 15) is 0 Å². The topological polar surface area (TPSA) is 57.8 Å². The van der Waals surface area contributed by atoms with Crippen LogP contribution < -0.4 is 4.74 Å². The predicted molar refractivity (Wildman–Crippen MR) is 80.8 cm³/mol. The first-order chi connectivity index (χ1) is 10.2. The Morgan fingerprint density at radius 3 is 2.81 bits per heavy atom. The SMILES string of the molecule is COc1ccc2nc(CCCl)n(Cc3cnn(C)c3)c2n1. The fourth-order valence-electron chi connectivity index (χ4n) is 2.32. The summed E-state index contributed by atoms with van der Waals surface area (Å²) in [5.74, 6) is 2.02. The Kier molecular flexibility index (Phi) is 3.79. The van der Waals surface area contributed by atoms with Gasteiger partial charge < -0.3 is 9.30 Å². The van der Waals surface area contributed by atoms with Gasteiger partial charge in [-0.2, -0.15) is 10.1 Å². The maximum absolute atomic E-state index is 5.89. The van der Waals surface area contributed by atoms with Gasteiger partial charge in [0.1, 0.15) is 11.3 Å². The number of methoxy groups -OCH3 is 1. The molecule has 21 heavy (non-hydrogen) atoms. The number of rotatable bonds is 5. The number of fused-ring (bicyclic) bond motifs is 1. The van der Waals surface area contributed by atoms with Gasteiger partial charge in [-0.05, 0) is 6.07 Å². The molecule has 3 aromatic rings. The molecule has 0 atom stereocenters. The van der Waals surface area contributed by atoms with Crippen LogP contribution in [0.15, 0.2) is 24.5 Å². The molecule has 0 radical (unpaired) electrons. The van der Waals surface area contributed by atoms with Crippen LogP contribution in [0.25, 0.3) is 11.2 Å².